The van der Waals surface area contributed by atoms with Crippen LogP contribution in [-0.4, -0.2) is 34.0 Å². The molecule has 27 heavy (non-hydrogen) atoms. The fourth-order valence-electron chi connectivity index (χ4n) is 2.88. The van der Waals surface area contributed by atoms with Gasteiger partial charge in [0.1, 0.15) is 0 Å². The second-order valence-electron chi connectivity index (χ2n) is 5.99. The standard InChI is InChI=1S/C20H15ClN2O3S/c21-14-7-5-13(6-8-14)17-11-22-18(26-17)12-27-10-9-23-19(24)15-3-1-2-4-16(15)20(23)25/h1-8,11H,9-10,12H2. The Hall–Kier alpha value is -2.57. The van der Waals surface area contributed by atoms with E-state index >= 15 is 0 Å². The molecule has 0 atom stereocenters. The molecule has 2 amide bonds. The van der Waals surface area contributed by atoms with E-state index in [-0.39, 0.29) is 11.8 Å². The minimum atomic E-state index is -0.225. The average Bonchev–Trinajstić information content (AvgIpc) is 3.25. The Morgan fingerprint density at radius 1 is 1.00 bits per heavy atom. The largest absolute Gasteiger partial charge is 0.440 e. The summed E-state index contributed by atoms with van der Waals surface area (Å²) in [5, 5.41) is 0.669. The fourth-order valence-corrected chi connectivity index (χ4v) is 3.77. The molecule has 0 radical (unpaired) electrons. The number of imide groups is 1. The van der Waals surface area contributed by atoms with E-state index in [9.17, 15) is 9.59 Å². The highest BCUT2D eigenvalue weighted by atomic mass is 35.5. The van der Waals surface area contributed by atoms with Crippen molar-refractivity contribution < 1.29 is 14.0 Å². The van der Waals surface area contributed by atoms with Crippen molar-refractivity contribution >= 4 is 35.2 Å². The summed E-state index contributed by atoms with van der Waals surface area (Å²) >= 11 is 7.45. The lowest BCUT2D eigenvalue weighted by molar-refractivity contribution is 0.0664. The molecular formula is C20H15ClN2O3S. The van der Waals surface area contributed by atoms with Gasteiger partial charge < -0.3 is 4.42 Å². The molecule has 0 spiro atoms. The van der Waals surface area contributed by atoms with Crippen LogP contribution in [0.1, 0.15) is 26.6 Å². The lowest BCUT2D eigenvalue weighted by Crippen LogP contribution is -2.31. The van der Waals surface area contributed by atoms with Crippen molar-refractivity contribution in [2.24, 2.45) is 0 Å². The Kier molecular flexibility index (Phi) is 5.01. The van der Waals surface area contributed by atoms with Gasteiger partial charge in [0.2, 0.25) is 5.89 Å². The Morgan fingerprint density at radius 3 is 2.33 bits per heavy atom. The molecular weight excluding hydrogens is 384 g/mol. The van der Waals surface area contributed by atoms with Crippen LogP contribution >= 0.6 is 23.4 Å². The molecule has 0 N–H and O–H groups in total. The van der Waals surface area contributed by atoms with Crippen molar-refractivity contribution in [2.75, 3.05) is 12.3 Å². The van der Waals surface area contributed by atoms with Crippen LogP contribution < -0.4 is 0 Å². The van der Waals surface area contributed by atoms with E-state index in [1.165, 1.54) is 4.90 Å². The number of fused-ring (bicyclic) bond motifs is 1. The van der Waals surface area contributed by atoms with Crippen molar-refractivity contribution in [2.45, 2.75) is 5.75 Å². The SMILES string of the molecule is O=C1c2ccccc2C(=O)N1CCSCc1ncc(-c2ccc(Cl)cc2)o1. The molecule has 2 heterocycles. The van der Waals surface area contributed by atoms with Crippen LogP contribution in [0.15, 0.2) is 59.1 Å². The third kappa shape index (κ3) is 3.63. The number of hydrogen-bond acceptors (Lipinski definition) is 5. The van der Waals surface area contributed by atoms with E-state index in [0.717, 1.165) is 5.56 Å². The number of carbonyl (C=O) groups is 2. The van der Waals surface area contributed by atoms with Crippen LogP contribution in [0.3, 0.4) is 0 Å². The molecule has 2 aromatic carbocycles. The highest BCUT2D eigenvalue weighted by Gasteiger charge is 2.34. The summed E-state index contributed by atoms with van der Waals surface area (Å²) in [6, 6.07) is 14.3. The molecule has 0 saturated carbocycles. The summed E-state index contributed by atoms with van der Waals surface area (Å²) in [5.74, 6) is 2.02. The van der Waals surface area contributed by atoms with Gasteiger partial charge in [-0.1, -0.05) is 23.7 Å². The lowest BCUT2D eigenvalue weighted by Gasteiger charge is -2.12. The van der Waals surface area contributed by atoms with Crippen LogP contribution in [0.25, 0.3) is 11.3 Å². The van der Waals surface area contributed by atoms with Gasteiger partial charge in [0.15, 0.2) is 5.76 Å². The van der Waals surface area contributed by atoms with Crippen molar-refractivity contribution in [3.63, 3.8) is 0 Å². The predicted molar refractivity (Wildman–Crippen MR) is 105 cm³/mol. The zero-order valence-electron chi connectivity index (χ0n) is 14.2. The highest BCUT2D eigenvalue weighted by molar-refractivity contribution is 7.98. The van der Waals surface area contributed by atoms with Gasteiger partial charge in [-0.3, -0.25) is 14.5 Å². The number of thioether (sulfide) groups is 1. The molecule has 1 aliphatic rings. The number of carbonyl (C=O) groups excluding carboxylic acids is 2. The minimum absolute atomic E-state index is 0.225. The first kappa shape index (κ1) is 17.8. The maximum Gasteiger partial charge on any atom is 0.261 e. The molecule has 5 nitrogen and oxygen atoms in total. The number of rotatable bonds is 6. The smallest absolute Gasteiger partial charge is 0.261 e. The van der Waals surface area contributed by atoms with E-state index in [4.69, 9.17) is 16.0 Å². The molecule has 7 heteroatoms. The molecule has 0 fully saturated rings. The van der Waals surface area contributed by atoms with Crippen molar-refractivity contribution in [1.82, 2.24) is 9.88 Å². The molecule has 4 rings (SSSR count). The lowest BCUT2D eigenvalue weighted by atomic mass is 10.1. The summed E-state index contributed by atoms with van der Waals surface area (Å²) in [5.41, 5.74) is 1.87. The first-order chi connectivity index (χ1) is 13.1. The second-order valence-corrected chi connectivity index (χ2v) is 7.53. The van der Waals surface area contributed by atoms with Crippen LogP contribution in [0.4, 0.5) is 0 Å². The maximum absolute atomic E-state index is 12.3. The summed E-state index contributed by atoms with van der Waals surface area (Å²) in [4.78, 5) is 30.2. The van der Waals surface area contributed by atoms with Crippen LogP contribution in [0.5, 0.6) is 0 Å². The van der Waals surface area contributed by atoms with E-state index < -0.39 is 0 Å². The minimum Gasteiger partial charge on any atom is -0.440 e. The van der Waals surface area contributed by atoms with Crippen molar-refractivity contribution in [1.29, 1.82) is 0 Å². The fraction of sp³-hybridized carbons (Fsp3) is 0.150. The molecule has 136 valence electrons. The number of oxazole rings is 1. The van der Waals surface area contributed by atoms with Crippen LogP contribution in [0, 0.1) is 0 Å². The van der Waals surface area contributed by atoms with E-state index in [1.54, 1.807) is 54.4 Å². The van der Waals surface area contributed by atoms with Crippen LogP contribution in [0.2, 0.25) is 5.02 Å². The second kappa shape index (κ2) is 7.58. The Morgan fingerprint density at radius 2 is 1.67 bits per heavy atom. The van der Waals surface area contributed by atoms with Gasteiger partial charge in [-0.25, -0.2) is 4.98 Å². The monoisotopic (exact) mass is 398 g/mol. The summed E-state index contributed by atoms with van der Waals surface area (Å²) < 4.78 is 5.75. The molecule has 0 aliphatic carbocycles. The summed E-state index contributed by atoms with van der Waals surface area (Å²) in [7, 11) is 0. The van der Waals surface area contributed by atoms with Gasteiger partial charge >= 0.3 is 0 Å². The average molecular weight is 399 g/mol. The third-order valence-corrected chi connectivity index (χ3v) is 5.42. The number of amides is 2. The summed E-state index contributed by atoms with van der Waals surface area (Å²) in [6.07, 6.45) is 1.68. The van der Waals surface area contributed by atoms with Crippen molar-refractivity contribution in [3.8, 4) is 11.3 Å². The summed E-state index contributed by atoms with van der Waals surface area (Å²) in [6.45, 7) is 0.363. The topological polar surface area (TPSA) is 63.4 Å². The van der Waals surface area contributed by atoms with E-state index in [1.807, 2.05) is 12.1 Å². The predicted octanol–water partition coefficient (Wildman–Crippen LogP) is 4.52. The highest BCUT2D eigenvalue weighted by Crippen LogP contribution is 2.25. The zero-order chi connectivity index (χ0) is 18.8. The molecule has 0 unspecified atom stereocenters. The quantitative estimate of drug-likeness (QED) is 0.451. The van der Waals surface area contributed by atoms with Gasteiger partial charge in [-0.2, -0.15) is 11.8 Å². The number of halogens is 1. The van der Waals surface area contributed by atoms with Gasteiger partial charge in [0.25, 0.3) is 11.8 Å². The molecule has 1 aromatic heterocycles. The first-order valence-electron chi connectivity index (χ1n) is 8.37. The van der Waals surface area contributed by atoms with E-state index in [0.29, 0.717) is 45.9 Å². The van der Waals surface area contributed by atoms with Crippen LogP contribution in [-0.2, 0) is 5.75 Å². The first-order valence-corrected chi connectivity index (χ1v) is 9.90. The van der Waals surface area contributed by atoms with Gasteiger partial charge in [0, 0.05) is 22.9 Å². The van der Waals surface area contributed by atoms with Gasteiger partial charge in [0.05, 0.1) is 23.1 Å². The Bertz CT molecular complexity index is 965. The number of hydrogen-bond donors (Lipinski definition) is 0. The maximum atomic E-state index is 12.3. The zero-order valence-corrected chi connectivity index (χ0v) is 15.8. The molecule has 0 bridgehead atoms. The Balaban J connectivity index is 1.31. The van der Waals surface area contributed by atoms with Crippen molar-refractivity contribution in [3.05, 3.63) is 76.8 Å². The van der Waals surface area contributed by atoms with Gasteiger partial charge in [-0.15, -0.1) is 0 Å². The third-order valence-electron chi connectivity index (χ3n) is 4.25. The number of nitrogens with zero attached hydrogens (tertiary/aromatic N) is 2. The molecule has 1 aliphatic heterocycles. The molecule has 3 aromatic rings. The number of aromatic nitrogens is 1. The van der Waals surface area contributed by atoms with E-state index in [2.05, 4.69) is 4.98 Å². The molecule has 0 saturated heterocycles. The van der Waals surface area contributed by atoms with Gasteiger partial charge in [-0.05, 0) is 36.4 Å². The number of benzene rings is 2. The normalized spacial score (nSPS) is 13.3. The Labute approximate surface area is 165 Å².